The van der Waals surface area contributed by atoms with Gasteiger partial charge in [-0.2, -0.15) is 0 Å². The van der Waals surface area contributed by atoms with E-state index >= 15 is 0 Å². The van der Waals surface area contributed by atoms with E-state index in [1.54, 1.807) is 0 Å². The SMILES string of the molecule is [CH2]C(C)C(CCCCN)Cc1ccccc1. The summed E-state index contributed by atoms with van der Waals surface area (Å²) >= 11 is 0. The molecule has 1 nitrogen and oxygen atoms in total. The van der Waals surface area contributed by atoms with E-state index in [0.717, 1.165) is 19.4 Å². The summed E-state index contributed by atoms with van der Waals surface area (Å²) in [6.07, 6.45) is 4.76. The lowest BCUT2D eigenvalue weighted by Gasteiger charge is -2.20. The second-order valence-electron chi connectivity index (χ2n) is 4.71. The zero-order valence-corrected chi connectivity index (χ0v) is 10.4. The van der Waals surface area contributed by atoms with E-state index in [1.807, 2.05) is 0 Å². The van der Waals surface area contributed by atoms with Crippen molar-refractivity contribution in [1.29, 1.82) is 0 Å². The Morgan fingerprint density at radius 1 is 1.19 bits per heavy atom. The number of hydrogen-bond donors (Lipinski definition) is 1. The Kier molecular flexibility index (Phi) is 6.17. The number of rotatable bonds is 7. The van der Waals surface area contributed by atoms with Crippen molar-refractivity contribution in [3.8, 4) is 0 Å². The molecule has 16 heavy (non-hydrogen) atoms. The molecular formula is C15H24N. The predicted octanol–water partition coefficient (Wildman–Crippen LogP) is 3.44. The Balaban J connectivity index is 2.45. The molecule has 89 valence electrons. The number of nitrogens with two attached hydrogens (primary N) is 1. The quantitative estimate of drug-likeness (QED) is 0.697. The first kappa shape index (κ1) is 13.2. The highest BCUT2D eigenvalue weighted by atomic mass is 14.5. The van der Waals surface area contributed by atoms with Gasteiger partial charge in [-0.1, -0.05) is 50.6 Å². The summed E-state index contributed by atoms with van der Waals surface area (Å²) in [5, 5.41) is 0. The maximum atomic E-state index is 5.53. The van der Waals surface area contributed by atoms with Crippen molar-refractivity contribution in [3.63, 3.8) is 0 Å². The summed E-state index contributed by atoms with van der Waals surface area (Å²) in [6, 6.07) is 10.7. The molecule has 0 amide bonds. The van der Waals surface area contributed by atoms with Crippen molar-refractivity contribution < 1.29 is 0 Å². The maximum absolute atomic E-state index is 5.53. The molecule has 1 rings (SSSR count). The van der Waals surface area contributed by atoms with Crippen LogP contribution >= 0.6 is 0 Å². The maximum Gasteiger partial charge on any atom is -0.00773 e. The second kappa shape index (κ2) is 7.45. The highest BCUT2D eigenvalue weighted by Crippen LogP contribution is 2.22. The molecule has 0 bridgehead atoms. The van der Waals surface area contributed by atoms with Crippen LogP contribution in [-0.4, -0.2) is 6.54 Å². The van der Waals surface area contributed by atoms with Crippen molar-refractivity contribution >= 4 is 0 Å². The van der Waals surface area contributed by atoms with Crippen LogP contribution in [0.1, 0.15) is 31.7 Å². The van der Waals surface area contributed by atoms with E-state index in [9.17, 15) is 0 Å². The molecule has 0 aromatic heterocycles. The van der Waals surface area contributed by atoms with Gasteiger partial charge in [0.05, 0.1) is 0 Å². The predicted molar refractivity (Wildman–Crippen MR) is 71.1 cm³/mol. The normalized spacial score (nSPS) is 13.0. The van der Waals surface area contributed by atoms with Crippen molar-refractivity contribution in [2.24, 2.45) is 17.6 Å². The van der Waals surface area contributed by atoms with Gasteiger partial charge in [-0.15, -0.1) is 0 Å². The van der Waals surface area contributed by atoms with Gasteiger partial charge in [0.25, 0.3) is 0 Å². The van der Waals surface area contributed by atoms with Gasteiger partial charge in [0.15, 0.2) is 0 Å². The largest absolute Gasteiger partial charge is 0.330 e. The number of hydrogen-bond acceptors (Lipinski definition) is 1. The van der Waals surface area contributed by atoms with E-state index in [0.29, 0.717) is 11.8 Å². The Morgan fingerprint density at radius 3 is 2.44 bits per heavy atom. The van der Waals surface area contributed by atoms with E-state index in [4.69, 9.17) is 5.73 Å². The smallest absolute Gasteiger partial charge is 0.00773 e. The monoisotopic (exact) mass is 218 g/mol. The molecular weight excluding hydrogens is 194 g/mol. The number of benzene rings is 1. The Hall–Kier alpha value is -0.820. The van der Waals surface area contributed by atoms with Gasteiger partial charge < -0.3 is 5.73 Å². The zero-order valence-electron chi connectivity index (χ0n) is 10.4. The summed E-state index contributed by atoms with van der Waals surface area (Å²) in [7, 11) is 0. The van der Waals surface area contributed by atoms with Gasteiger partial charge in [0.1, 0.15) is 0 Å². The molecule has 1 aromatic rings. The molecule has 0 spiro atoms. The van der Waals surface area contributed by atoms with Gasteiger partial charge in [-0.3, -0.25) is 0 Å². The summed E-state index contributed by atoms with van der Waals surface area (Å²) in [5.41, 5.74) is 6.95. The summed E-state index contributed by atoms with van der Waals surface area (Å²) < 4.78 is 0. The lowest BCUT2D eigenvalue weighted by atomic mass is 9.85. The highest BCUT2D eigenvalue weighted by Gasteiger charge is 2.13. The molecule has 1 heteroatoms. The average Bonchev–Trinajstić information content (AvgIpc) is 2.29. The van der Waals surface area contributed by atoms with Crippen molar-refractivity contribution in [2.75, 3.05) is 6.54 Å². The molecule has 0 saturated carbocycles. The third-order valence-electron chi connectivity index (χ3n) is 3.17. The molecule has 0 aliphatic heterocycles. The molecule has 0 aliphatic carbocycles. The van der Waals surface area contributed by atoms with Crippen LogP contribution in [0.15, 0.2) is 30.3 Å². The molecule has 0 heterocycles. The van der Waals surface area contributed by atoms with E-state index in [-0.39, 0.29) is 0 Å². The Bertz CT molecular complexity index is 266. The lowest BCUT2D eigenvalue weighted by Crippen LogP contribution is -2.13. The Labute approximate surface area is 100 Å². The van der Waals surface area contributed by atoms with Gasteiger partial charge in [-0.25, -0.2) is 0 Å². The fourth-order valence-corrected chi connectivity index (χ4v) is 2.06. The fraction of sp³-hybridized carbons (Fsp3) is 0.533. The minimum absolute atomic E-state index is 0.512. The van der Waals surface area contributed by atoms with E-state index < -0.39 is 0 Å². The molecule has 2 unspecified atom stereocenters. The number of unbranched alkanes of at least 4 members (excludes halogenated alkanes) is 1. The molecule has 0 aliphatic rings. The lowest BCUT2D eigenvalue weighted by molar-refractivity contribution is 0.373. The zero-order chi connectivity index (χ0) is 11.8. The van der Waals surface area contributed by atoms with Crippen LogP contribution in [0.4, 0.5) is 0 Å². The van der Waals surface area contributed by atoms with Crippen LogP contribution in [0.3, 0.4) is 0 Å². The first-order chi connectivity index (χ1) is 7.74. The highest BCUT2D eigenvalue weighted by molar-refractivity contribution is 5.15. The van der Waals surface area contributed by atoms with Crippen LogP contribution in [0.25, 0.3) is 0 Å². The van der Waals surface area contributed by atoms with Crippen molar-refractivity contribution in [3.05, 3.63) is 42.8 Å². The van der Waals surface area contributed by atoms with E-state index in [1.165, 1.54) is 18.4 Å². The van der Waals surface area contributed by atoms with Gasteiger partial charge in [0, 0.05) is 0 Å². The minimum atomic E-state index is 0.512. The molecule has 2 atom stereocenters. The summed E-state index contributed by atoms with van der Waals surface area (Å²) in [6.45, 7) is 7.21. The van der Waals surface area contributed by atoms with E-state index in [2.05, 4.69) is 44.2 Å². The first-order valence-corrected chi connectivity index (χ1v) is 6.31. The topological polar surface area (TPSA) is 26.0 Å². The van der Waals surface area contributed by atoms with Crippen LogP contribution in [-0.2, 0) is 6.42 Å². The minimum Gasteiger partial charge on any atom is -0.330 e. The standard InChI is InChI=1S/C15H24N/c1-13(2)15(10-6-7-11-16)12-14-8-4-3-5-9-14/h3-5,8-9,13,15H,1,6-7,10-12,16H2,2H3. The molecule has 0 saturated heterocycles. The third kappa shape index (κ3) is 4.80. The summed E-state index contributed by atoms with van der Waals surface area (Å²) in [4.78, 5) is 0. The van der Waals surface area contributed by atoms with Gasteiger partial charge in [-0.05, 0) is 43.2 Å². The molecule has 0 fully saturated rings. The van der Waals surface area contributed by atoms with Gasteiger partial charge >= 0.3 is 0 Å². The van der Waals surface area contributed by atoms with Crippen LogP contribution in [0.2, 0.25) is 0 Å². The Morgan fingerprint density at radius 2 is 1.88 bits per heavy atom. The van der Waals surface area contributed by atoms with Gasteiger partial charge in [0.2, 0.25) is 0 Å². The third-order valence-corrected chi connectivity index (χ3v) is 3.17. The van der Waals surface area contributed by atoms with Crippen LogP contribution in [0, 0.1) is 18.8 Å². The molecule has 1 radical (unpaired) electrons. The molecule has 2 N–H and O–H groups in total. The average molecular weight is 218 g/mol. The van der Waals surface area contributed by atoms with Crippen molar-refractivity contribution in [1.82, 2.24) is 0 Å². The second-order valence-corrected chi connectivity index (χ2v) is 4.71. The molecule has 1 aromatic carbocycles. The fourth-order valence-electron chi connectivity index (χ4n) is 2.06. The summed E-state index contributed by atoms with van der Waals surface area (Å²) in [5.74, 6) is 1.20. The first-order valence-electron chi connectivity index (χ1n) is 6.31. The van der Waals surface area contributed by atoms with Crippen molar-refractivity contribution in [2.45, 2.75) is 32.6 Å². The van der Waals surface area contributed by atoms with Crippen LogP contribution < -0.4 is 5.73 Å². The van der Waals surface area contributed by atoms with Crippen LogP contribution in [0.5, 0.6) is 0 Å².